The summed E-state index contributed by atoms with van der Waals surface area (Å²) in [5, 5.41) is 19.5. The van der Waals surface area contributed by atoms with Crippen LogP contribution in [0.5, 0.6) is 0 Å². The Morgan fingerprint density at radius 2 is 1.93 bits per heavy atom. The molecule has 4 heteroatoms. The van der Waals surface area contributed by atoms with E-state index in [1.165, 1.54) is 7.11 Å². The Hall–Kier alpha value is -0.160. The quantitative estimate of drug-likeness (QED) is 0.711. The van der Waals surface area contributed by atoms with Crippen molar-refractivity contribution in [3.8, 4) is 0 Å². The van der Waals surface area contributed by atoms with Gasteiger partial charge in [-0.3, -0.25) is 0 Å². The van der Waals surface area contributed by atoms with Crippen LogP contribution >= 0.6 is 0 Å². The van der Waals surface area contributed by atoms with Gasteiger partial charge in [0.15, 0.2) is 0 Å². The molecule has 0 saturated carbocycles. The van der Waals surface area contributed by atoms with Gasteiger partial charge >= 0.3 is 0 Å². The van der Waals surface area contributed by atoms with Gasteiger partial charge in [0.2, 0.25) is 0 Å². The number of aliphatic hydroxyl groups excluding tert-OH is 2. The van der Waals surface area contributed by atoms with E-state index in [0.717, 1.165) is 0 Å². The fraction of sp³-hybridized carbons (Fsp3) is 1.00. The first-order chi connectivity index (χ1) is 6.80. The summed E-state index contributed by atoms with van der Waals surface area (Å²) in [4.78, 5) is 0. The summed E-state index contributed by atoms with van der Waals surface area (Å²) in [6.45, 7) is 7.55. The van der Waals surface area contributed by atoms with E-state index in [0.29, 0.717) is 0 Å². The van der Waals surface area contributed by atoms with E-state index >= 15 is 0 Å². The first kappa shape index (κ1) is 12.9. The molecule has 0 aromatic rings. The summed E-state index contributed by atoms with van der Waals surface area (Å²) in [6, 6.07) is 0. The Bertz CT molecular complexity index is 223. The average molecular weight is 218 g/mol. The van der Waals surface area contributed by atoms with Crippen molar-refractivity contribution in [1.82, 2.24) is 0 Å². The highest BCUT2D eigenvalue weighted by molar-refractivity contribution is 5.07. The Morgan fingerprint density at radius 1 is 1.40 bits per heavy atom. The molecule has 1 aliphatic rings. The molecule has 0 amide bonds. The summed E-state index contributed by atoms with van der Waals surface area (Å²) in [5.41, 5.74) is -1.13. The van der Waals surface area contributed by atoms with Crippen LogP contribution in [-0.4, -0.2) is 47.8 Å². The van der Waals surface area contributed by atoms with E-state index in [1.54, 1.807) is 6.92 Å². The molecule has 1 fully saturated rings. The van der Waals surface area contributed by atoms with Crippen LogP contribution in [0.3, 0.4) is 0 Å². The number of methoxy groups -OCH3 is 1. The molecular formula is C11H22O4. The van der Waals surface area contributed by atoms with Gasteiger partial charge in [-0.25, -0.2) is 0 Å². The second kappa shape index (κ2) is 4.01. The van der Waals surface area contributed by atoms with Crippen molar-refractivity contribution in [2.75, 3.05) is 13.7 Å². The minimum atomic E-state index is -0.833. The van der Waals surface area contributed by atoms with Crippen LogP contribution in [0, 0.1) is 5.41 Å². The summed E-state index contributed by atoms with van der Waals surface area (Å²) in [5.74, 6) is 0. The molecule has 0 unspecified atom stereocenters. The molecule has 0 aromatic heterocycles. The van der Waals surface area contributed by atoms with Crippen LogP contribution in [0.2, 0.25) is 0 Å². The van der Waals surface area contributed by atoms with Gasteiger partial charge in [-0.1, -0.05) is 20.8 Å². The minimum absolute atomic E-state index is 0.156. The summed E-state index contributed by atoms with van der Waals surface area (Å²) < 4.78 is 11.0. The third-order valence-corrected chi connectivity index (χ3v) is 3.41. The predicted molar refractivity (Wildman–Crippen MR) is 56.6 cm³/mol. The number of aliphatic hydroxyl groups is 2. The highest BCUT2D eigenvalue weighted by atomic mass is 16.6. The molecule has 0 spiro atoms. The SMILES string of the molecule is CO[C@H]1[C@H](O)[C@H](C)O[C@]1(CO)C(C)(C)C. The molecule has 0 aliphatic carbocycles. The van der Waals surface area contributed by atoms with Crippen LogP contribution in [0.15, 0.2) is 0 Å². The molecule has 1 saturated heterocycles. The monoisotopic (exact) mass is 218 g/mol. The highest BCUT2D eigenvalue weighted by Crippen LogP contribution is 2.44. The molecule has 1 aliphatic heterocycles. The molecular weight excluding hydrogens is 196 g/mol. The maximum atomic E-state index is 9.93. The van der Waals surface area contributed by atoms with Crippen molar-refractivity contribution in [2.45, 2.75) is 51.6 Å². The fourth-order valence-corrected chi connectivity index (χ4v) is 2.29. The molecule has 15 heavy (non-hydrogen) atoms. The lowest BCUT2D eigenvalue weighted by Gasteiger charge is -2.43. The third-order valence-electron chi connectivity index (χ3n) is 3.41. The molecule has 0 bridgehead atoms. The van der Waals surface area contributed by atoms with Gasteiger partial charge < -0.3 is 19.7 Å². The molecule has 4 atom stereocenters. The summed E-state index contributed by atoms with van der Waals surface area (Å²) in [7, 11) is 1.53. The molecule has 1 heterocycles. The Kier molecular flexibility index (Phi) is 3.45. The van der Waals surface area contributed by atoms with Gasteiger partial charge in [-0.05, 0) is 12.3 Å². The van der Waals surface area contributed by atoms with Gasteiger partial charge in [-0.2, -0.15) is 0 Å². The second-order valence-corrected chi connectivity index (χ2v) is 5.27. The van der Waals surface area contributed by atoms with E-state index < -0.39 is 17.8 Å². The molecule has 2 N–H and O–H groups in total. The maximum Gasteiger partial charge on any atom is 0.125 e. The zero-order valence-corrected chi connectivity index (χ0v) is 10.2. The number of ether oxygens (including phenoxy) is 2. The van der Waals surface area contributed by atoms with E-state index in [2.05, 4.69) is 0 Å². The number of hydrogen-bond acceptors (Lipinski definition) is 4. The lowest BCUT2D eigenvalue weighted by molar-refractivity contribution is -0.174. The van der Waals surface area contributed by atoms with Crippen LogP contribution in [0.4, 0.5) is 0 Å². The topological polar surface area (TPSA) is 58.9 Å². The summed E-state index contributed by atoms with van der Waals surface area (Å²) in [6.07, 6.45) is -1.50. The molecule has 4 nitrogen and oxygen atoms in total. The van der Waals surface area contributed by atoms with Crippen LogP contribution in [0.25, 0.3) is 0 Å². The van der Waals surface area contributed by atoms with Crippen molar-refractivity contribution in [3.05, 3.63) is 0 Å². The standard InChI is InChI=1S/C11H22O4/c1-7-8(13)9(14-5)11(6-12,15-7)10(2,3)4/h7-9,12-13H,6H2,1-5H3/t7-,8+,9-,11-/m0/s1. The normalized spacial score (nSPS) is 42.2. The van der Waals surface area contributed by atoms with E-state index in [-0.39, 0.29) is 18.1 Å². The maximum absolute atomic E-state index is 9.93. The van der Waals surface area contributed by atoms with Gasteiger partial charge in [0.1, 0.15) is 17.8 Å². The predicted octanol–water partition coefficient (Wildman–Crippen LogP) is 0.558. The number of hydrogen-bond donors (Lipinski definition) is 2. The van der Waals surface area contributed by atoms with Crippen LogP contribution < -0.4 is 0 Å². The van der Waals surface area contributed by atoms with Gasteiger partial charge in [0.25, 0.3) is 0 Å². The van der Waals surface area contributed by atoms with Crippen molar-refractivity contribution in [1.29, 1.82) is 0 Å². The van der Waals surface area contributed by atoms with Crippen molar-refractivity contribution in [3.63, 3.8) is 0 Å². The molecule has 1 rings (SSSR count). The van der Waals surface area contributed by atoms with Crippen LogP contribution in [-0.2, 0) is 9.47 Å². The van der Waals surface area contributed by atoms with Crippen LogP contribution in [0.1, 0.15) is 27.7 Å². The lowest BCUT2D eigenvalue weighted by Crippen LogP contribution is -2.56. The van der Waals surface area contributed by atoms with Gasteiger partial charge in [-0.15, -0.1) is 0 Å². The molecule has 0 aromatic carbocycles. The fourth-order valence-electron chi connectivity index (χ4n) is 2.29. The smallest absolute Gasteiger partial charge is 0.125 e. The largest absolute Gasteiger partial charge is 0.393 e. The highest BCUT2D eigenvalue weighted by Gasteiger charge is 2.59. The van der Waals surface area contributed by atoms with E-state index in [9.17, 15) is 10.2 Å². The zero-order chi connectivity index (χ0) is 11.9. The number of rotatable bonds is 2. The first-order valence-corrected chi connectivity index (χ1v) is 5.29. The molecule has 90 valence electrons. The van der Waals surface area contributed by atoms with E-state index in [4.69, 9.17) is 9.47 Å². The Labute approximate surface area is 91.2 Å². The molecule has 0 radical (unpaired) electrons. The first-order valence-electron chi connectivity index (χ1n) is 5.29. The van der Waals surface area contributed by atoms with Gasteiger partial charge in [0.05, 0.1) is 12.7 Å². The zero-order valence-electron chi connectivity index (χ0n) is 10.2. The Balaban J connectivity index is 3.09. The third kappa shape index (κ3) is 1.80. The van der Waals surface area contributed by atoms with Crippen molar-refractivity contribution in [2.24, 2.45) is 5.41 Å². The minimum Gasteiger partial charge on any atom is -0.393 e. The Morgan fingerprint density at radius 3 is 2.20 bits per heavy atom. The average Bonchev–Trinajstić information content (AvgIpc) is 2.39. The van der Waals surface area contributed by atoms with E-state index in [1.807, 2.05) is 20.8 Å². The van der Waals surface area contributed by atoms with Crippen molar-refractivity contribution < 1.29 is 19.7 Å². The van der Waals surface area contributed by atoms with Crippen molar-refractivity contribution >= 4 is 0 Å². The summed E-state index contributed by atoms with van der Waals surface area (Å²) >= 11 is 0. The van der Waals surface area contributed by atoms with Gasteiger partial charge in [0, 0.05) is 7.11 Å². The second-order valence-electron chi connectivity index (χ2n) is 5.27. The lowest BCUT2D eigenvalue weighted by atomic mass is 9.73.